The van der Waals surface area contributed by atoms with E-state index in [1.807, 2.05) is 0 Å². The first-order chi connectivity index (χ1) is 12.7. The summed E-state index contributed by atoms with van der Waals surface area (Å²) in [6.45, 7) is 5.52. The molecule has 0 fully saturated rings. The van der Waals surface area contributed by atoms with E-state index in [4.69, 9.17) is 4.84 Å². The van der Waals surface area contributed by atoms with Gasteiger partial charge in [-0.3, -0.25) is 14.3 Å². The lowest BCUT2D eigenvalue weighted by atomic mass is 9.91. The largest absolute Gasteiger partial charge is 0.399 e. The van der Waals surface area contributed by atoms with Crippen molar-refractivity contribution >= 4 is 21.3 Å². The summed E-state index contributed by atoms with van der Waals surface area (Å²) >= 11 is 0. The molecule has 0 saturated heterocycles. The van der Waals surface area contributed by atoms with Gasteiger partial charge in [0.2, 0.25) is 0 Å². The molecule has 0 saturated carbocycles. The zero-order valence-corrected chi connectivity index (χ0v) is 16.4. The molecule has 1 N–H and O–H groups in total. The van der Waals surface area contributed by atoms with Crippen molar-refractivity contribution in [1.82, 2.24) is 9.78 Å². The molecular weight excluding hydrogens is 370 g/mol. The highest BCUT2D eigenvalue weighted by molar-refractivity contribution is 7.91. The molecular formula is C18H21N3O5S. The van der Waals surface area contributed by atoms with Gasteiger partial charge in [0, 0.05) is 30.3 Å². The molecule has 0 amide bonds. The summed E-state index contributed by atoms with van der Waals surface area (Å²) in [5.74, 6) is -0.513. The number of hydrogen-bond donors (Lipinski definition) is 1. The number of nitrogens with one attached hydrogen (secondary N) is 1. The van der Waals surface area contributed by atoms with Gasteiger partial charge >= 0.3 is 0 Å². The molecule has 1 aliphatic rings. The van der Waals surface area contributed by atoms with Crippen molar-refractivity contribution in [3.05, 3.63) is 50.4 Å². The maximum Gasteiger partial charge on any atom is 0.277 e. The van der Waals surface area contributed by atoms with Crippen LogP contribution in [-0.4, -0.2) is 42.6 Å². The lowest BCUT2D eigenvalue weighted by molar-refractivity contribution is 0.103. The highest BCUT2D eigenvalue weighted by Crippen LogP contribution is 2.33. The summed E-state index contributed by atoms with van der Waals surface area (Å²) in [7, 11) is -2.09. The normalized spacial score (nSPS) is 17.0. The maximum atomic E-state index is 13.0. The Morgan fingerprint density at radius 3 is 2.63 bits per heavy atom. The van der Waals surface area contributed by atoms with E-state index in [-0.39, 0.29) is 28.2 Å². The van der Waals surface area contributed by atoms with E-state index in [0.717, 1.165) is 0 Å². The fourth-order valence-corrected chi connectivity index (χ4v) is 5.28. The molecule has 1 aliphatic heterocycles. The molecule has 1 aromatic heterocycles. The second-order valence-electron chi connectivity index (χ2n) is 6.43. The molecule has 9 heteroatoms. The molecule has 8 nitrogen and oxygen atoms in total. The summed E-state index contributed by atoms with van der Waals surface area (Å²) < 4.78 is 26.5. The van der Waals surface area contributed by atoms with Gasteiger partial charge in [-0.25, -0.2) is 8.42 Å². The summed E-state index contributed by atoms with van der Waals surface area (Å²) in [5, 5.41) is 6.73. The summed E-state index contributed by atoms with van der Waals surface area (Å²) in [6, 6.07) is 1.53. The van der Waals surface area contributed by atoms with Crippen molar-refractivity contribution in [3.63, 3.8) is 0 Å². The summed E-state index contributed by atoms with van der Waals surface area (Å²) in [6.07, 6.45) is 1.58. The number of aromatic nitrogens is 2. The lowest BCUT2D eigenvalue weighted by Crippen LogP contribution is -2.27. The number of H-pyrrole nitrogens is 1. The Bertz CT molecular complexity index is 1120. The zero-order valence-electron chi connectivity index (χ0n) is 15.6. The smallest absolute Gasteiger partial charge is 0.277 e. The van der Waals surface area contributed by atoms with Crippen molar-refractivity contribution in [2.24, 2.45) is 5.16 Å². The molecule has 144 valence electrons. The summed E-state index contributed by atoms with van der Waals surface area (Å²) in [5.41, 5.74) is 1.71. The number of aryl methyl sites for hydroxylation is 2. The van der Waals surface area contributed by atoms with Crippen molar-refractivity contribution in [2.45, 2.75) is 38.6 Å². The third-order valence-electron chi connectivity index (χ3n) is 4.78. The maximum absolute atomic E-state index is 13.0. The first-order valence-electron chi connectivity index (χ1n) is 8.53. The number of sulfone groups is 1. The molecule has 0 unspecified atom stereocenters. The van der Waals surface area contributed by atoms with Crippen LogP contribution >= 0.6 is 0 Å². The van der Waals surface area contributed by atoms with Gasteiger partial charge in [-0.05, 0) is 38.0 Å². The number of aromatic amines is 1. The topological polar surface area (TPSA) is 111 Å². The molecule has 27 heavy (non-hydrogen) atoms. The van der Waals surface area contributed by atoms with Gasteiger partial charge in [0.15, 0.2) is 15.6 Å². The van der Waals surface area contributed by atoms with E-state index in [1.165, 1.54) is 24.1 Å². The van der Waals surface area contributed by atoms with Crippen LogP contribution in [0.1, 0.15) is 46.0 Å². The fraction of sp³-hybridized carbons (Fsp3) is 0.389. The van der Waals surface area contributed by atoms with Crippen LogP contribution in [0.15, 0.2) is 27.1 Å². The molecule has 0 radical (unpaired) electrons. The Balaban J connectivity index is 2.28. The van der Waals surface area contributed by atoms with Crippen LogP contribution in [0.25, 0.3) is 0 Å². The highest BCUT2D eigenvalue weighted by Gasteiger charge is 2.34. The van der Waals surface area contributed by atoms with Crippen LogP contribution in [-0.2, 0) is 21.2 Å². The van der Waals surface area contributed by atoms with Crippen molar-refractivity contribution in [1.29, 1.82) is 0 Å². The Labute approximate surface area is 156 Å². The van der Waals surface area contributed by atoms with Gasteiger partial charge in [-0.1, -0.05) is 5.16 Å². The molecule has 2 heterocycles. The number of benzene rings is 1. The van der Waals surface area contributed by atoms with Crippen LogP contribution in [0.3, 0.4) is 0 Å². The zero-order chi connectivity index (χ0) is 19.9. The minimum Gasteiger partial charge on any atom is -0.399 e. The molecule has 3 rings (SSSR count). The first kappa shape index (κ1) is 19.1. The number of nitrogens with zero attached hydrogens (tertiary/aromatic N) is 2. The Kier molecular flexibility index (Phi) is 4.81. The van der Waals surface area contributed by atoms with E-state index >= 15 is 0 Å². The monoisotopic (exact) mass is 391 g/mol. The van der Waals surface area contributed by atoms with Crippen LogP contribution in [0.4, 0.5) is 0 Å². The van der Waals surface area contributed by atoms with Gasteiger partial charge in [0.1, 0.15) is 12.7 Å². The quantitative estimate of drug-likeness (QED) is 0.628. The van der Waals surface area contributed by atoms with E-state index < -0.39 is 21.2 Å². The van der Waals surface area contributed by atoms with Gasteiger partial charge < -0.3 is 9.94 Å². The lowest BCUT2D eigenvalue weighted by Gasteiger charge is -2.23. The number of oxime groups is 1. The van der Waals surface area contributed by atoms with Gasteiger partial charge in [0.05, 0.1) is 16.4 Å². The highest BCUT2D eigenvalue weighted by atomic mass is 32.2. The number of fused-ring (bicyclic) bond motifs is 1. The van der Waals surface area contributed by atoms with Crippen LogP contribution < -0.4 is 5.56 Å². The van der Waals surface area contributed by atoms with Gasteiger partial charge in [-0.2, -0.15) is 0 Å². The Morgan fingerprint density at radius 2 is 2.04 bits per heavy atom. The Morgan fingerprint density at radius 1 is 1.33 bits per heavy atom. The van der Waals surface area contributed by atoms with Crippen LogP contribution in [0.2, 0.25) is 0 Å². The third kappa shape index (κ3) is 3.01. The van der Waals surface area contributed by atoms with E-state index in [1.54, 1.807) is 20.8 Å². The molecule has 1 aromatic carbocycles. The number of ketones is 1. The van der Waals surface area contributed by atoms with Crippen molar-refractivity contribution in [2.75, 3.05) is 12.9 Å². The first-order valence-corrected chi connectivity index (χ1v) is 10.2. The van der Waals surface area contributed by atoms with Crippen molar-refractivity contribution in [3.8, 4) is 0 Å². The fourth-order valence-electron chi connectivity index (χ4n) is 3.49. The van der Waals surface area contributed by atoms with E-state index in [2.05, 4.69) is 10.3 Å². The molecule has 0 atom stereocenters. The average Bonchev–Trinajstić information content (AvgIpc) is 2.99. The van der Waals surface area contributed by atoms with E-state index in [0.29, 0.717) is 28.9 Å². The third-order valence-corrected chi connectivity index (χ3v) is 6.67. The summed E-state index contributed by atoms with van der Waals surface area (Å²) in [4.78, 5) is 30.4. The van der Waals surface area contributed by atoms with E-state index in [9.17, 15) is 18.0 Å². The second kappa shape index (κ2) is 6.80. The molecule has 0 aliphatic carbocycles. The van der Waals surface area contributed by atoms with Crippen LogP contribution in [0.5, 0.6) is 0 Å². The minimum absolute atomic E-state index is 0.0168. The molecule has 2 aromatic rings. The number of hydrogen-bond acceptors (Lipinski definition) is 6. The number of carbonyl (C=O) groups is 1. The minimum atomic E-state index is -3.48. The van der Waals surface area contributed by atoms with Crippen molar-refractivity contribution < 1.29 is 18.0 Å². The molecule has 0 bridgehead atoms. The Hall–Kier alpha value is -2.68. The predicted octanol–water partition coefficient (Wildman–Crippen LogP) is 1.57. The average molecular weight is 391 g/mol. The number of rotatable bonds is 4. The van der Waals surface area contributed by atoms with Gasteiger partial charge in [-0.15, -0.1) is 0 Å². The standard InChI is InChI=1S/C18H21N3O5S/c1-5-21-18(23)13(9-19-21)16(22)12-8-10(2)17-15(11(12)3)14(20-26-4)6-7-27(17,24)25/h8-9,19H,5-7H2,1-4H3/b20-14-. The number of carbonyl (C=O) groups excluding carboxylic acids is 1. The predicted molar refractivity (Wildman–Crippen MR) is 100 cm³/mol. The van der Waals surface area contributed by atoms with Gasteiger partial charge in [0.25, 0.3) is 5.56 Å². The van der Waals surface area contributed by atoms with Crippen LogP contribution in [0, 0.1) is 13.8 Å². The SMILES string of the molecule is CCn1[nH]cc(C(=O)c2cc(C)c3c(c2C)/C(=N\OC)CCS3(=O)=O)c1=O. The second-order valence-corrected chi connectivity index (χ2v) is 8.47. The molecule has 0 spiro atoms.